The molecule has 1 aliphatic heterocycles. The summed E-state index contributed by atoms with van der Waals surface area (Å²) in [6.07, 6.45) is 2.28. The van der Waals surface area contributed by atoms with Gasteiger partial charge in [0.25, 0.3) is 5.91 Å². The third-order valence-electron chi connectivity index (χ3n) is 3.90. The van der Waals surface area contributed by atoms with Crippen molar-refractivity contribution in [2.45, 2.75) is 25.3 Å². The summed E-state index contributed by atoms with van der Waals surface area (Å²) in [5.41, 5.74) is 7.23. The van der Waals surface area contributed by atoms with E-state index in [9.17, 15) is 9.59 Å². The lowest BCUT2D eigenvalue weighted by molar-refractivity contribution is -0.132. The van der Waals surface area contributed by atoms with Gasteiger partial charge in [0.2, 0.25) is 5.91 Å². The third-order valence-corrected chi connectivity index (χ3v) is 3.90. The van der Waals surface area contributed by atoms with Gasteiger partial charge in [-0.25, -0.2) is 0 Å². The molecule has 0 saturated carbocycles. The van der Waals surface area contributed by atoms with Crippen molar-refractivity contribution >= 4 is 11.8 Å². The molecule has 5 heteroatoms. The Kier molecular flexibility index (Phi) is 4.96. The first-order valence-corrected chi connectivity index (χ1v) is 7.36. The second kappa shape index (κ2) is 6.72. The fourth-order valence-electron chi connectivity index (χ4n) is 2.82. The van der Waals surface area contributed by atoms with Gasteiger partial charge < -0.3 is 15.5 Å². The molecular weight excluding hydrogens is 266 g/mol. The smallest absolute Gasteiger partial charge is 0.254 e. The van der Waals surface area contributed by atoms with Gasteiger partial charge in [-0.15, -0.1) is 0 Å². The Bertz CT molecular complexity index is 528. The summed E-state index contributed by atoms with van der Waals surface area (Å²) in [6, 6.07) is 7.18. The number of nitrogens with zero attached hydrogens (tertiary/aromatic N) is 2. The van der Waals surface area contributed by atoms with Crippen molar-refractivity contribution in [3.63, 3.8) is 0 Å². The second-order valence-corrected chi connectivity index (χ2v) is 5.59. The van der Waals surface area contributed by atoms with E-state index in [1.54, 1.807) is 23.9 Å². The molecule has 2 N–H and O–H groups in total. The normalized spacial score (nSPS) is 17.9. The number of rotatable bonds is 4. The lowest BCUT2D eigenvalue weighted by Crippen LogP contribution is -2.45. The van der Waals surface area contributed by atoms with Gasteiger partial charge in [-0.05, 0) is 37.4 Å². The molecule has 0 aromatic heterocycles. The molecule has 114 valence electrons. The number of amides is 2. The van der Waals surface area contributed by atoms with Crippen LogP contribution in [0.1, 0.15) is 28.8 Å². The fourth-order valence-corrected chi connectivity index (χ4v) is 2.82. The van der Waals surface area contributed by atoms with Crippen molar-refractivity contribution in [1.82, 2.24) is 9.80 Å². The van der Waals surface area contributed by atoms with Gasteiger partial charge >= 0.3 is 0 Å². The molecule has 1 aromatic rings. The number of nitrogens with two attached hydrogens (primary N) is 1. The van der Waals surface area contributed by atoms with E-state index in [0.29, 0.717) is 25.1 Å². The minimum atomic E-state index is -0.335. The number of hydrogen-bond acceptors (Lipinski definition) is 3. The van der Waals surface area contributed by atoms with E-state index in [-0.39, 0.29) is 17.9 Å². The Morgan fingerprint density at radius 2 is 2.05 bits per heavy atom. The van der Waals surface area contributed by atoms with Crippen molar-refractivity contribution in [3.8, 4) is 0 Å². The lowest BCUT2D eigenvalue weighted by atomic mass is 10.0. The molecule has 1 aromatic carbocycles. The average Bonchev–Trinajstić information content (AvgIpc) is 2.95. The van der Waals surface area contributed by atoms with Gasteiger partial charge in [0, 0.05) is 26.2 Å². The van der Waals surface area contributed by atoms with Crippen LogP contribution in [-0.4, -0.2) is 54.8 Å². The molecule has 1 atom stereocenters. The minimum absolute atomic E-state index is 0.00263. The van der Waals surface area contributed by atoms with Crippen LogP contribution >= 0.6 is 0 Å². The van der Waals surface area contributed by atoms with Gasteiger partial charge in [0.05, 0.1) is 0 Å². The molecular formula is C16H23N3O2. The van der Waals surface area contributed by atoms with Crippen LogP contribution in [0.15, 0.2) is 24.3 Å². The first-order valence-electron chi connectivity index (χ1n) is 7.36. The average molecular weight is 289 g/mol. The molecule has 0 radical (unpaired) electrons. The van der Waals surface area contributed by atoms with Crippen LogP contribution in [0.3, 0.4) is 0 Å². The summed E-state index contributed by atoms with van der Waals surface area (Å²) in [6.45, 7) is 1.14. The van der Waals surface area contributed by atoms with Crippen molar-refractivity contribution in [2.24, 2.45) is 5.73 Å². The number of benzene rings is 1. The molecule has 1 heterocycles. The maximum atomic E-state index is 12.8. The lowest BCUT2D eigenvalue weighted by Gasteiger charge is -2.27. The monoisotopic (exact) mass is 289 g/mol. The molecule has 1 aliphatic rings. The minimum Gasteiger partial charge on any atom is -0.347 e. The first kappa shape index (κ1) is 15.5. The fraction of sp³-hybridized carbons (Fsp3) is 0.500. The van der Waals surface area contributed by atoms with E-state index in [1.165, 1.54) is 0 Å². The van der Waals surface area contributed by atoms with Gasteiger partial charge in [-0.3, -0.25) is 9.59 Å². The molecule has 2 rings (SSSR count). The standard InChI is InChI=1S/C16H23N3O2/c1-18(2)16(21)14-8-5-11-19(14)15(20)13-7-4-3-6-12(13)9-10-17/h3-4,6-7,14H,5,8-11,17H2,1-2H3. The molecule has 1 saturated heterocycles. The number of likely N-dealkylation sites (N-methyl/N-ethyl adjacent to an activating group) is 1. The third kappa shape index (κ3) is 3.24. The Morgan fingerprint density at radius 3 is 2.71 bits per heavy atom. The van der Waals surface area contributed by atoms with Crippen LogP contribution in [0.4, 0.5) is 0 Å². The van der Waals surface area contributed by atoms with Gasteiger partial charge in [0.15, 0.2) is 0 Å². The molecule has 0 spiro atoms. The number of carbonyl (C=O) groups excluding carboxylic acids is 2. The largest absolute Gasteiger partial charge is 0.347 e. The second-order valence-electron chi connectivity index (χ2n) is 5.59. The molecule has 0 aliphatic carbocycles. The highest BCUT2D eigenvalue weighted by Gasteiger charge is 2.35. The van der Waals surface area contributed by atoms with Crippen molar-refractivity contribution in [3.05, 3.63) is 35.4 Å². The number of carbonyl (C=O) groups is 2. The van der Waals surface area contributed by atoms with Gasteiger partial charge in [-0.2, -0.15) is 0 Å². The van der Waals surface area contributed by atoms with Crippen molar-refractivity contribution in [2.75, 3.05) is 27.2 Å². The maximum absolute atomic E-state index is 12.8. The topological polar surface area (TPSA) is 66.6 Å². The Morgan fingerprint density at radius 1 is 1.33 bits per heavy atom. The maximum Gasteiger partial charge on any atom is 0.254 e. The van der Waals surface area contributed by atoms with Crippen LogP contribution in [0, 0.1) is 0 Å². The van der Waals surface area contributed by atoms with E-state index in [4.69, 9.17) is 5.73 Å². The zero-order chi connectivity index (χ0) is 15.4. The van der Waals surface area contributed by atoms with E-state index < -0.39 is 0 Å². The first-order chi connectivity index (χ1) is 10.1. The summed E-state index contributed by atoms with van der Waals surface area (Å²) in [4.78, 5) is 28.3. The highest BCUT2D eigenvalue weighted by atomic mass is 16.2. The van der Waals surface area contributed by atoms with E-state index in [1.807, 2.05) is 24.3 Å². The van der Waals surface area contributed by atoms with Crippen LogP contribution in [-0.2, 0) is 11.2 Å². The predicted molar refractivity (Wildman–Crippen MR) is 82.0 cm³/mol. The number of hydrogen-bond donors (Lipinski definition) is 1. The summed E-state index contributed by atoms with van der Waals surface area (Å²) in [7, 11) is 3.46. The Labute approximate surface area is 125 Å². The highest BCUT2D eigenvalue weighted by molar-refractivity contribution is 5.99. The summed E-state index contributed by atoms with van der Waals surface area (Å²) >= 11 is 0. The van der Waals surface area contributed by atoms with Crippen LogP contribution in [0.5, 0.6) is 0 Å². The van der Waals surface area contributed by atoms with E-state index in [2.05, 4.69) is 0 Å². The molecule has 21 heavy (non-hydrogen) atoms. The summed E-state index contributed by atoms with van der Waals surface area (Å²) < 4.78 is 0. The molecule has 1 unspecified atom stereocenters. The van der Waals surface area contributed by atoms with Crippen LogP contribution in [0.25, 0.3) is 0 Å². The quantitative estimate of drug-likeness (QED) is 0.895. The van der Waals surface area contributed by atoms with E-state index in [0.717, 1.165) is 18.4 Å². The van der Waals surface area contributed by atoms with Crippen LogP contribution < -0.4 is 5.73 Å². The summed E-state index contributed by atoms with van der Waals surface area (Å²) in [5.74, 6) is -0.0612. The molecule has 1 fully saturated rings. The van der Waals surface area contributed by atoms with E-state index >= 15 is 0 Å². The van der Waals surface area contributed by atoms with Crippen LogP contribution in [0.2, 0.25) is 0 Å². The molecule has 0 bridgehead atoms. The Balaban J connectivity index is 2.25. The molecule has 5 nitrogen and oxygen atoms in total. The highest BCUT2D eigenvalue weighted by Crippen LogP contribution is 2.23. The zero-order valence-electron chi connectivity index (χ0n) is 12.7. The summed E-state index contributed by atoms with van der Waals surface area (Å²) in [5, 5.41) is 0. The molecule has 2 amide bonds. The van der Waals surface area contributed by atoms with Crippen molar-refractivity contribution in [1.29, 1.82) is 0 Å². The Hall–Kier alpha value is -1.88. The zero-order valence-corrected chi connectivity index (χ0v) is 12.7. The SMILES string of the molecule is CN(C)C(=O)C1CCCN1C(=O)c1ccccc1CCN. The van der Waals surface area contributed by atoms with Gasteiger partial charge in [0.1, 0.15) is 6.04 Å². The predicted octanol–water partition coefficient (Wildman–Crippen LogP) is 0.881. The van der Waals surface area contributed by atoms with Crippen molar-refractivity contribution < 1.29 is 9.59 Å². The number of likely N-dealkylation sites (tertiary alicyclic amines) is 1. The van der Waals surface area contributed by atoms with Gasteiger partial charge in [-0.1, -0.05) is 18.2 Å².